The highest BCUT2D eigenvalue weighted by Crippen LogP contribution is 2.25. The third-order valence-corrected chi connectivity index (χ3v) is 4.26. The van der Waals surface area contributed by atoms with Crippen LogP contribution in [0.25, 0.3) is 0 Å². The van der Waals surface area contributed by atoms with Crippen molar-refractivity contribution in [2.24, 2.45) is 5.92 Å². The Hall–Kier alpha value is -0.550. The van der Waals surface area contributed by atoms with Crippen LogP contribution in [0.4, 0.5) is 4.39 Å². The lowest BCUT2D eigenvalue weighted by molar-refractivity contribution is -0.137. The highest BCUT2D eigenvalue weighted by molar-refractivity contribution is 9.10. The largest absolute Gasteiger partial charge is 0.480 e. The fourth-order valence-electron chi connectivity index (χ4n) is 1.43. The lowest BCUT2D eigenvalue weighted by Gasteiger charge is -2.15. The number of benzene rings is 1. The molecule has 94 valence electrons. The number of carboxylic acids is 1. The van der Waals surface area contributed by atoms with Crippen LogP contribution in [-0.2, 0) is 10.5 Å². The summed E-state index contributed by atoms with van der Waals surface area (Å²) in [6.45, 7) is 3.74. The van der Waals surface area contributed by atoms with E-state index < -0.39 is 11.2 Å². The summed E-state index contributed by atoms with van der Waals surface area (Å²) in [7, 11) is 0. The Morgan fingerprint density at radius 3 is 2.59 bits per heavy atom. The second kappa shape index (κ2) is 6.40. The molecule has 5 heteroatoms. The van der Waals surface area contributed by atoms with E-state index in [1.54, 1.807) is 6.07 Å². The molecule has 1 rings (SSSR count). The van der Waals surface area contributed by atoms with Crippen molar-refractivity contribution in [2.75, 3.05) is 0 Å². The van der Waals surface area contributed by atoms with E-state index in [0.29, 0.717) is 10.2 Å². The maximum Gasteiger partial charge on any atom is 0.316 e. The van der Waals surface area contributed by atoms with E-state index in [9.17, 15) is 9.18 Å². The maximum atomic E-state index is 13.1. The van der Waals surface area contributed by atoms with Gasteiger partial charge in [-0.15, -0.1) is 11.8 Å². The van der Waals surface area contributed by atoms with E-state index in [4.69, 9.17) is 5.11 Å². The molecule has 1 unspecified atom stereocenters. The Morgan fingerprint density at radius 2 is 2.12 bits per heavy atom. The maximum absolute atomic E-state index is 13.1. The molecule has 0 aliphatic rings. The lowest BCUT2D eigenvalue weighted by atomic mass is 10.1. The molecule has 0 fully saturated rings. The number of thioether (sulfide) groups is 1. The molecule has 17 heavy (non-hydrogen) atoms. The standard InChI is InChI=1S/C12H14BrFO2S/c1-7(2)11(12(15)16)17-6-8-3-9(13)5-10(14)4-8/h3-5,7,11H,6H2,1-2H3,(H,15,16). The van der Waals surface area contributed by atoms with Crippen molar-refractivity contribution in [2.45, 2.75) is 24.9 Å². The summed E-state index contributed by atoms with van der Waals surface area (Å²) in [5, 5.41) is 8.57. The van der Waals surface area contributed by atoms with Gasteiger partial charge in [0.05, 0.1) is 0 Å². The average Bonchev–Trinajstić information content (AvgIpc) is 2.14. The molecule has 1 aromatic carbocycles. The molecule has 0 radical (unpaired) electrons. The Balaban J connectivity index is 2.68. The molecule has 2 nitrogen and oxygen atoms in total. The van der Waals surface area contributed by atoms with Crippen molar-refractivity contribution in [3.8, 4) is 0 Å². The van der Waals surface area contributed by atoms with Crippen molar-refractivity contribution in [1.82, 2.24) is 0 Å². The zero-order valence-electron chi connectivity index (χ0n) is 9.61. The Kier molecular flexibility index (Phi) is 5.46. The number of carboxylic acid groups (broad SMARTS) is 1. The number of hydrogen-bond donors (Lipinski definition) is 1. The lowest BCUT2D eigenvalue weighted by Crippen LogP contribution is -2.22. The zero-order valence-corrected chi connectivity index (χ0v) is 12.0. The van der Waals surface area contributed by atoms with E-state index in [2.05, 4.69) is 15.9 Å². The number of hydrogen-bond acceptors (Lipinski definition) is 2. The topological polar surface area (TPSA) is 37.3 Å². The molecule has 0 aliphatic carbocycles. The molecule has 0 aromatic heterocycles. The predicted octanol–water partition coefficient (Wildman–Crippen LogP) is 3.93. The normalized spacial score (nSPS) is 12.8. The molecule has 0 aliphatic heterocycles. The second-order valence-electron chi connectivity index (χ2n) is 4.09. The summed E-state index contributed by atoms with van der Waals surface area (Å²) in [5.41, 5.74) is 0.786. The van der Waals surface area contributed by atoms with Crippen LogP contribution >= 0.6 is 27.7 Å². The van der Waals surface area contributed by atoms with Crippen LogP contribution in [0.2, 0.25) is 0 Å². The predicted molar refractivity (Wildman–Crippen MR) is 71.7 cm³/mol. The van der Waals surface area contributed by atoms with Crippen LogP contribution in [0.1, 0.15) is 19.4 Å². The molecule has 0 bridgehead atoms. The first kappa shape index (κ1) is 14.5. The zero-order chi connectivity index (χ0) is 13.0. The van der Waals surface area contributed by atoms with E-state index in [0.717, 1.165) is 5.56 Å². The Morgan fingerprint density at radius 1 is 1.47 bits per heavy atom. The van der Waals surface area contributed by atoms with E-state index in [-0.39, 0.29) is 11.7 Å². The van der Waals surface area contributed by atoms with E-state index in [1.807, 2.05) is 13.8 Å². The van der Waals surface area contributed by atoms with Gasteiger partial charge in [0.15, 0.2) is 0 Å². The number of aliphatic carboxylic acids is 1. The van der Waals surface area contributed by atoms with Crippen molar-refractivity contribution in [3.05, 3.63) is 34.1 Å². The summed E-state index contributed by atoms with van der Waals surface area (Å²) in [6, 6.07) is 4.61. The first-order valence-corrected chi connectivity index (χ1v) is 7.03. The molecule has 0 amide bonds. The molecule has 0 spiro atoms. The van der Waals surface area contributed by atoms with Crippen molar-refractivity contribution in [3.63, 3.8) is 0 Å². The Bertz CT molecular complexity index is 389. The highest BCUT2D eigenvalue weighted by Gasteiger charge is 2.21. The fraction of sp³-hybridized carbons (Fsp3) is 0.417. The van der Waals surface area contributed by atoms with Gasteiger partial charge in [-0.05, 0) is 29.7 Å². The van der Waals surface area contributed by atoms with Crippen LogP contribution in [0.5, 0.6) is 0 Å². The van der Waals surface area contributed by atoms with Crippen molar-refractivity contribution < 1.29 is 14.3 Å². The molecule has 0 saturated heterocycles. The van der Waals surface area contributed by atoms with Crippen LogP contribution in [0.15, 0.2) is 22.7 Å². The van der Waals surface area contributed by atoms with Gasteiger partial charge in [-0.1, -0.05) is 29.8 Å². The van der Waals surface area contributed by atoms with Gasteiger partial charge in [0.2, 0.25) is 0 Å². The summed E-state index contributed by atoms with van der Waals surface area (Å²) in [6.07, 6.45) is 0. The minimum absolute atomic E-state index is 0.0505. The van der Waals surface area contributed by atoms with Crippen LogP contribution < -0.4 is 0 Å². The third kappa shape index (κ3) is 4.68. The van der Waals surface area contributed by atoms with Gasteiger partial charge in [-0.3, -0.25) is 4.79 Å². The smallest absolute Gasteiger partial charge is 0.316 e. The highest BCUT2D eigenvalue weighted by atomic mass is 79.9. The fourth-order valence-corrected chi connectivity index (χ4v) is 3.01. The SMILES string of the molecule is CC(C)C(SCc1cc(F)cc(Br)c1)C(=O)O. The van der Waals surface area contributed by atoms with Gasteiger partial charge in [-0.25, -0.2) is 4.39 Å². The monoisotopic (exact) mass is 320 g/mol. The third-order valence-electron chi connectivity index (χ3n) is 2.20. The minimum Gasteiger partial charge on any atom is -0.480 e. The van der Waals surface area contributed by atoms with Crippen LogP contribution in [-0.4, -0.2) is 16.3 Å². The van der Waals surface area contributed by atoms with Crippen LogP contribution in [0, 0.1) is 11.7 Å². The van der Waals surface area contributed by atoms with Gasteiger partial charge >= 0.3 is 5.97 Å². The van der Waals surface area contributed by atoms with Gasteiger partial charge in [0, 0.05) is 10.2 Å². The van der Waals surface area contributed by atoms with Gasteiger partial charge in [0.25, 0.3) is 0 Å². The van der Waals surface area contributed by atoms with E-state index in [1.165, 1.54) is 23.9 Å². The van der Waals surface area contributed by atoms with Crippen molar-refractivity contribution in [1.29, 1.82) is 0 Å². The summed E-state index contributed by atoms with van der Waals surface area (Å²) in [4.78, 5) is 11.0. The average molecular weight is 321 g/mol. The van der Waals surface area contributed by atoms with E-state index >= 15 is 0 Å². The molecule has 1 N–H and O–H groups in total. The molecule has 0 heterocycles. The van der Waals surface area contributed by atoms with Crippen molar-refractivity contribution >= 4 is 33.7 Å². The molecule has 0 saturated carbocycles. The van der Waals surface area contributed by atoms with Gasteiger partial charge < -0.3 is 5.11 Å². The first-order valence-electron chi connectivity index (χ1n) is 5.19. The van der Waals surface area contributed by atoms with Crippen LogP contribution in [0.3, 0.4) is 0 Å². The second-order valence-corrected chi connectivity index (χ2v) is 6.14. The summed E-state index contributed by atoms with van der Waals surface area (Å²) in [5.74, 6) is -0.590. The number of rotatable bonds is 5. The number of carbonyl (C=O) groups is 1. The molecule has 1 atom stereocenters. The molecular weight excluding hydrogens is 307 g/mol. The quantitative estimate of drug-likeness (QED) is 0.893. The summed E-state index contributed by atoms with van der Waals surface area (Å²) < 4.78 is 13.8. The van der Waals surface area contributed by atoms with Gasteiger partial charge in [-0.2, -0.15) is 0 Å². The Labute approximate surface area is 113 Å². The van der Waals surface area contributed by atoms with Gasteiger partial charge in [0.1, 0.15) is 11.1 Å². The molecule has 1 aromatic rings. The molecular formula is C12H14BrFO2S. The first-order chi connectivity index (χ1) is 7.90. The summed E-state index contributed by atoms with van der Waals surface area (Å²) >= 11 is 4.53. The minimum atomic E-state index is -0.819. The number of halogens is 2.